The van der Waals surface area contributed by atoms with Gasteiger partial charge in [-0.25, -0.2) is 9.78 Å². The number of carbonyl (C=O) groups excluding carboxylic acids is 1. The highest BCUT2D eigenvalue weighted by Gasteiger charge is 2.35. The Hall–Kier alpha value is -2.18. The van der Waals surface area contributed by atoms with Gasteiger partial charge in [0.2, 0.25) is 0 Å². The van der Waals surface area contributed by atoms with Crippen LogP contribution in [-0.2, 0) is 21.5 Å². The van der Waals surface area contributed by atoms with E-state index in [2.05, 4.69) is 11.9 Å². The second kappa shape index (κ2) is 7.92. The van der Waals surface area contributed by atoms with Gasteiger partial charge in [-0.05, 0) is 64.3 Å². The van der Waals surface area contributed by atoms with E-state index >= 15 is 0 Å². The van der Waals surface area contributed by atoms with Crippen LogP contribution in [0.25, 0.3) is 21.3 Å². The lowest BCUT2D eigenvalue weighted by molar-refractivity contribution is -0.152. The molecule has 0 aliphatic heterocycles. The van der Waals surface area contributed by atoms with Gasteiger partial charge >= 0.3 is 5.97 Å². The number of hydrogen-bond acceptors (Lipinski definition) is 5. The molecule has 0 radical (unpaired) electrons. The normalized spacial score (nSPS) is 11.8. The van der Waals surface area contributed by atoms with E-state index in [9.17, 15) is 9.59 Å². The lowest BCUT2D eigenvalue weighted by Crippen LogP contribution is -2.45. The molecule has 3 aromatic rings. The van der Waals surface area contributed by atoms with Crippen molar-refractivity contribution in [2.75, 3.05) is 6.61 Å². The van der Waals surface area contributed by atoms with Crippen LogP contribution >= 0.6 is 22.9 Å². The number of nitrogens with zero attached hydrogens (tertiary/aromatic N) is 2. The second-order valence-corrected chi connectivity index (χ2v) is 8.97. The lowest BCUT2D eigenvalue weighted by atomic mass is 9.99. The van der Waals surface area contributed by atoms with Gasteiger partial charge in [0.15, 0.2) is 0 Å². The molecule has 1 aromatic carbocycles. The summed E-state index contributed by atoms with van der Waals surface area (Å²) in [4.78, 5) is 32.7. The maximum atomic E-state index is 13.7. The Morgan fingerprint density at radius 3 is 2.55 bits per heavy atom. The molecule has 0 saturated carbocycles. The van der Waals surface area contributed by atoms with Crippen molar-refractivity contribution in [1.29, 1.82) is 0 Å². The van der Waals surface area contributed by atoms with E-state index in [1.54, 1.807) is 27.7 Å². The molecule has 29 heavy (non-hydrogen) atoms. The molecule has 0 atom stereocenters. The zero-order chi connectivity index (χ0) is 21.5. The van der Waals surface area contributed by atoms with E-state index < -0.39 is 11.5 Å². The first-order valence-corrected chi connectivity index (χ1v) is 10.8. The second-order valence-electron chi connectivity index (χ2n) is 7.48. The summed E-state index contributed by atoms with van der Waals surface area (Å²) in [5.41, 5.74) is 1.35. The molecule has 0 N–H and O–H groups in total. The van der Waals surface area contributed by atoms with Gasteiger partial charge in [0.1, 0.15) is 16.2 Å². The van der Waals surface area contributed by atoms with Crippen LogP contribution in [0.5, 0.6) is 0 Å². The zero-order valence-electron chi connectivity index (χ0n) is 17.6. The van der Waals surface area contributed by atoms with Crippen molar-refractivity contribution < 1.29 is 9.53 Å². The minimum Gasteiger partial charge on any atom is -0.464 e. The molecule has 0 amide bonds. The number of thiophene rings is 1. The number of hydrogen-bond donors (Lipinski definition) is 0. The Labute approximate surface area is 179 Å². The Morgan fingerprint density at radius 2 is 1.97 bits per heavy atom. The van der Waals surface area contributed by atoms with Gasteiger partial charge in [0.25, 0.3) is 5.56 Å². The van der Waals surface area contributed by atoms with Crippen molar-refractivity contribution in [2.24, 2.45) is 0 Å². The highest BCUT2D eigenvalue weighted by molar-refractivity contribution is 7.19. The van der Waals surface area contributed by atoms with E-state index in [0.29, 0.717) is 21.1 Å². The first-order valence-electron chi connectivity index (χ1n) is 9.62. The fraction of sp³-hybridized carbons (Fsp3) is 0.409. The summed E-state index contributed by atoms with van der Waals surface area (Å²) in [6.07, 6.45) is 0.776. The van der Waals surface area contributed by atoms with E-state index in [1.165, 1.54) is 15.9 Å². The average molecular weight is 433 g/mol. The lowest BCUT2D eigenvalue weighted by Gasteiger charge is -2.26. The molecule has 0 spiro atoms. The first-order chi connectivity index (χ1) is 13.6. The van der Waals surface area contributed by atoms with Gasteiger partial charge in [-0.3, -0.25) is 9.36 Å². The standard InChI is InChI=1S/C22H25ClN2O3S/c1-7-16-17(14-9-10-15(23)12(3)11-14)18-19(29-16)24-13(4)25(20(18)26)22(5,6)21(27)28-8-2/h9-11H,7-8H2,1-6H3. The average Bonchev–Trinajstić information content (AvgIpc) is 3.02. The van der Waals surface area contributed by atoms with Gasteiger partial charge in [-0.1, -0.05) is 24.6 Å². The third-order valence-corrected chi connectivity index (χ3v) is 6.72. The molecule has 3 rings (SSSR count). The molecule has 5 nitrogen and oxygen atoms in total. The van der Waals surface area contributed by atoms with E-state index in [4.69, 9.17) is 16.3 Å². The number of halogens is 1. The number of aryl methyl sites for hydroxylation is 3. The minimum absolute atomic E-state index is 0.232. The Morgan fingerprint density at radius 1 is 1.28 bits per heavy atom. The maximum Gasteiger partial charge on any atom is 0.331 e. The minimum atomic E-state index is -1.17. The van der Waals surface area contributed by atoms with Gasteiger partial charge in [-0.2, -0.15) is 0 Å². The van der Waals surface area contributed by atoms with Crippen LogP contribution in [0.4, 0.5) is 0 Å². The summed E-state index contributed by atoms with van der Waals surface area (Å²) in [5, 5.41) is 1.22. The molecule has 2 aromatic heterocycles. The summed E-state index contributed by atoms with van der Waals surface area (Å²) in [5.74, 6) is 0.0319. The molecule has 154 valence electrons. The summed E-state index contributed by atoms with van der Waals surface area (Å²) < 4.78 is 6.66. The predicted octanol–water partition coefficient (Wildman–Crippen LogP) is 5.26. The van der Waals surface area contributed by atoms with Gasteiger partial charge in [0.05, 0.1) is 12.0 Å². The molecule has 0 aliphatic rings. The predicted molar refractivity (Wildman–Crippen MR) is 119 cm³/mol. The molecule has 0 bridgehead atoms. The fourth-order valence-electron chi connectivity index (χ4n) is 3.61. The quantitative estimate of drug-likeness (QED) is 0.516. The number of rotatable bonds is 5. The highest BCUT2D eigenvalue weighted by Crippen LogP contribution is 2.38. The molecular formula is C22H25ClN2O3S. The van der Waals surface area contributed by atoms with Gasteiger partial charge < -0.3 is 4.74 Å². The number of fused-ring (bicyclic) bond motifs is 1. The Kier molecular flexibility index (Phi) is 5.88. The largest absolute Gasteiger partial charge is 0.464 e. The molecule has 0 saturated heterocycles. The highest BCUT2D eigenvalue weighted by atomic mass is 35.5. The molecular weight excluding hydrogens is 408 g/mol. The molecule has 0 fully saturated rings. The topological polar surface area (TPSA) is 61.2 Å². The van der Waals surface area contributed by atoms with Crippen LogP contribution in [0.2, 0.25) is 5.02 Å². The van der Waals surface area contributed by atoms with E-state index in [-0.39, 0.29) is 12.2 Å². The Bertz CT molecular complexity index is 1160. The van der Waals surface area contributed by atoms with Crippen molar-refractivity contribution in [3.05, 3.63) is 49.8 Å². The maximum absolute atomic E-state index is 13.7. The number of benzene rings is 1. The van der Waals surface area contributed by atoms with Gasteiger partial charge in [0, 0.05) is 15.5 Å². The van der Waals surface area contributed by atoms with Crippen LogP contribution < -0.4 is 5.56 Å². The third-order valence-electron chi connectivity index (χ3n) is 5.07. The summed E-state index contributed by atoms with van der Waals surface area (Å²) in [6, 6.07) is 5.76. The molecule has 0 unspecified atom stereocenters. The SMILES string of the molecule is CCOC(=O)C(C)(C)n1c(C)nc2sc(CC)c(-c3ccc(Cl)c(C)c3)c2c1=O. The van der Waals surface area contributed by atoms with Crippen molar-refractivity contribution in [3.63, 3.8) is 0 Å². The number of carbonyl (C=O) groups is 1. The molecule has 0 aliphatic carbocycles. The summed E-state index contributed by atoms with van der Waals surface area (Å²) in [6.45, 7) is 11.1. The van der Waals surface area contributed by atoms with Crippen LogP contribution in [0.1, 0.15) is 44.0 Å². The van der Waals surface area contributed by atoms with Crippen molar-refractivity contribution in [3.8, 4) is 11.1 Å². The number of esters is 1. The number of ether oxygens (including phenoxy) is 1. The molecule has 2 heterocycles. The molecule has 7 heteroatoms. The summed E-state index contributed by atoms with van der Waals surface area (Å²) >= 11 is 7.73. The Balaban J connectivity index is 2.38. The smallest absolute Gasteiger partial charge is 0.331 e. The first kappa shape index (κ1) is 21.5. The fourth-order valence-corrected chi connectivity index (χ4v) is 4.90. The van der Waals surface area contributed by atoms with Crippen LogP contribution in [0, 0.1) is 13.8 Å². The monoisotopic (exact) mass is 432 g/mol. The third kappa shape index (κ3) is 3.60. The van der Waals surface area contributed by atoms with Crippen LogP contribution in [-0.4, -0.2) is 22.1 Å². The van der Waals surface area contributed by atoms with Crippen LogP contribution in [0.3, 0.4) is 0 Å². The van der Waals surface area contributed by atoms with E-state index in [1.807, 2.05) is 25.1 Å². The number of aromatic nitrogens is 2. The van der Waals surface area contributed by atoms with Crippen molar-refractivity contribution in [2.45, 2.75) is 53.5 Å². The van der Waals surface area contributed by atoms with E-state index in [0.717, 1.165) is 28.0 Å². The van der Waals surface area contributed by atoms with Crippen LogP contribution in [0.15, 0.2) is 23.0 Å². The zero-order valence-corrected chi connectivity index (χ0v) is 19.1. The van der Waals surface area contributed by atoms with Crippen molar-refractivity contribution in [1.82, 2.24) is 9.55 Å². The van der Waals surface area contributed by atoms with Gasteiger partial charge in [-0.15, -0.1) is 11.3 Å². The van der Waals surface area contributed by atoms with Crippen molar-refractivity contribution >= 4 is 39.1 Å². The summed E-state index contributed by atoms with van der Waals surface area (Å²) in [7, 11) is 0.